The van der Waals surface area contributed by atoms with Gasteiger partial charge in [-0.1, -0.05) is 6.08 Å². The van der Waals surface area contributed by atoms with Gasteiger partial charge in [0.15, 0.2) is 0 Å². The van der Waals surface area contributed by atoms with Crippen LogP contribution in [-0.2, 0) is 4.79 Å². The minimum absolute atomic E-state index is 0.425. The van der Waals surface area contributed by atoms with Gasteiger partial charge in [-0.05, 0) is 29.2 Å². The van der Waals surface area contributed by atoms with Crippen molar-refractivity contribution in [1.29, 1.82) is 0 Å². The van der Waals surface area contributed by atoms with Gasteiger partial charge in [0.25, 0.3) is 0 Å². The highest BCUT2D eigenvalue weighted by Crippen LogP contribution is 2.16. The van der Waals surface area contributed by atoms with E-state index in [1.807, 2.05) is 6.26 Å². The fraction of sp³-hybridized carbons (Fsp3) is 0.286. The van der Waals surface area contributed by atoms with Gasteiger partial charge in [0.05, 0.1) is 0 Å². The molecule has 0 aromatic rings. The summed E-state index contributed by atoms with van der Waals surface area (Å²) < 4.78 is 0. The second-order valence-electron chi connectivity index (χ2n) is 1.61. The Labute approximate surface area is 70.1 Å². The Hall–Kier alpha value is -0.210. The average Bonchev–Trinajstić information content (AvgIpc) is 1.86. The van der Waals surface area contributed by atoms with Gasteiger partial charge >= 0.3 is 0 Å². The summed E-state index contributed by atoms with van der Waals surface area (Å²) in [5, 5.41) is -0.425. The third kappa shape index (κ3) is 4.65. The Balaban J connectivity index is 4.03. The standard InChI is InChI=1S/C7H9ClOS/c1-3-4-6(10-2)5-7(8)9/h3,5H,1,4H2,2H3. The molecule has 0 unspecified atom stereocenters. The van der Waals surface area contributed by atoms with Crippen LogP contribution in [0.15, 0.2) is 23.6 Å². The number of hydrogen-bond acceptors (Lipinski definition) is 2. The molecule has 0 aliphatic carbocycles. The predicted octanol–water partition coefficient (Wildman–Crippen LogP) is 2.57. The van der Waals surface area contributed by atoms with Gasteiger partial charge in [-0.3, -0.25) is 4.79 Å². The maximum absolute atomic E-state index is 10.3. The van der Waals surface area contributed by atoms with E-state index in [2.05, 4.69) is 6.58 Å². The van der Waals surface area contributed by atoms with Gasteiger partial charge in [0.1, 0.15) is 0 Å². The van der Waals surface area contributed by atoms with Crippen molar-refractivity contribution in [1.82, 2.24) is 0 Å². The lowest BCUT2D eigenvalue weighted by molar-refractivity contribution is -0.107. The number of thioether (sulfide) groups is 1. The fourth-order valence-electron chi connectivity index (χ4n) is 0.470. The van der Waals surface area contributed by atoms with Gasteiger partial charge in [0.2, 0.25) is 5.24 Å². The molecule has 10 heavy (non-hydrogen) atoms. The molecule has 0 aliphatic heterocycles. The molecule has 0 N–H and O–H groups in total. The van der Waals surface area contributed by atoms with Gasteiger partial charge in [-0.25, -0.2) is 0 Å². The van der Waals surface area contributed by atoms with Crippen LogP contribution >= 0.6 is 23.4 Å². The maximum Gasteiger partial charge on any atom is 0.245 e. The van der Waals surface area contributed by atoms with E-state index in [9.17, 15) is 4.79 Å². The molecule has 0 amide bonds. The van der Waals surface area contributed by atoms with Crippen molar-refractivity contribution in [3.05, 3.63) is 23.6 Å². The fourth-order valence-corrected chi connectivity index (χ4v) is 1.18. The van der Waals surface area contributed by atoms with Crippen molar-refractivity contribution in [2.24, 2.45) is 0 Å². The Morgan fingerprint density at radius 1 is 1.80 bits per heavy atom. The molecule has 0 radical (unpaired) electrons. The van der Waals surface area contributed by atoms with Crippen molar-refractivity contribution in [2.45, 2.75) is 6.42 Å². The minimum Gasteiger partial charge on any atom is -0.276 e. The van der Waals surface area contributed by atoms with Crippen LogP contribution in [0, 0.1) is 0 Å². The number of rotatable bonds is 4. The van der Waals surface area contributed by atoms with Crippen LogP contribution < -0.4 is 0 Å². The molecule has 0 saturated carbocycles. The smallest absolute Gasteiger partial charge is 0.245 e. The van der Waals surface area contributed by atoms with Crippen LogP contribution in [0.4, 0.5) is 0 Å². The highest BCUT2D eigenvalue weighted by atomic mass is 35.5. The van der Waals surface area contributed by atoms with Crippen LogP contribution in [0.2, 0.25) is 0 Å². The average molecular weight is 177 g/mol. The Morgan fingerprint density at radius 3 is 2.70 bits per heavy atom. The van der Waals surface area contributed by atoms with Gasteiger partial charge in [-0.2, -0.15) is 0 Å². The van der Waals surface area contributed by atoms with Crippen molar-refractivity contribution in [2.75, 3.05) is 6.26 Å². The molecule has 0 aromatic heterocycles. The van der Waals surface area contributed by atoms with Crippen LogP contribution in [0.1, 0.15) is 6.42 Å². The zero-order chi connectivity index (χ0) is 7.98. The number of allylic oxidation sites excluding steroid dienone is 3. The SMILES string of the molecule is C=CCC(=CC(=O)Cl)SC. The molecule has 56 valence electrons. The summed E-state index contributed by atoms with van der Waals surface area (Å²) in [6, 6.07) is 0. The normalized spacial score (nSPS) is 11.2. The zero-order valence-electron chi connectivity index (χ0n) is 5.76. The summed E-state index contributed by atoms with van der Waals surface area (Å²) >= 11 is 6.63. The van der Waals surface area contributed by atoms with Crippen molar-refractivity contribution in [3.8, 4) is 0 Å². The first-order valence-corrected chi connectivity index (χ1v) is 4.36. The molecule has 0 saturated heterocycles. The van der Waals surface area contributed by atoms with E-state index in [1.165, 1.54) is 17.8 Å². The topological polar surface area (TPSA) is 17.1 Å². The number of hydrogen-bond donors (Lipinski definition) is 0. The van der Waals surface area contributed by atoms with E-state index in [0.717, 1.165) is 4.91 Å². The Bertz CT molecular complexity index is 163. The number of carbonyl (C=O) groups excluding carboxylic acids is 1. The second kappa shape index (κ2) is 5.57. The van der Waals surface area contributed by atoms with E-state index in [4.69, 9.17) is 11.6 Å². The minimum atomic E-state index is -0.425. The molecule has 0 atom stereocenters. The highest BCUT2D eigenvalue weighted by molar-refractivity contribution is 8.02. The quantitative estimate of drug-likeness (QED) is 0.372. The summed E-state index contributed by atoms with van der Waals surface area (Å²) in [4.78, 5) is 11.3. The first-order chi connectivity index (χ1) is 4.70. The monoisotopic (exact) mass is 176 g/mol. The van der Waals surface area contributed by atoms with Crippen molar-refractivity contribution < 1.29 is 4.79 Å². The first kappa shape index (κ1) is 9.79. The summed E-state index contributed by atoms with van der Waals surface area (Å²) in [5.41, 5.74) is 0. The van der Waals surface area contributed by atoms with Gasteiger partial charge in [-0.15, -0.1) is 18.3 Å². The van der Waals surface area contributed by atoms with Crippen LogP contribution in [0.5, 0.6) is 0 Å². The number of halogens is 1. The van der Waals surface area contributed by atoms with Crippen molar-refractivity contribution >= 4 is 28.6 Å². The molecule has 0 rings (SSSR count). The second-order valence-corrected chi connectivity index (χ2v) is 2.92. The molecule has 0 spiro atoms. The lowest BCUT2D eigenvalue weighted by Gasteiger charge is -1.95. The maximum atomic E-state index is 10.3. The first-order valence-electron chi connectivity index (χ1n) is 2.75. The predicted molar refractivity (Wildman–Crippen MR) is 47.3 cm³/mol. The lowest BCUT2D eigenvalue weighted by Crippen LogP contribution is -1.80. The highest BCUT2D eigenvalue weighted by Gasteiger charge is 1.94. The molecule has 0 heterocycles. The summed E-state index contributed by atoms with van der Waals surface area (Å²) in [6.45, 7) is 3.55. The van der Waals surface area contributed by atoms with E-state index < -0.39 is 5.24 Å². The summed E-state index contributed by atoms with van der Waals surface area (Å²) in [5.74, 6) is 0. The van der Waals surface area contributed by atoms with E-state index in [1.54, 1.807) is 6.08 Å². The van der Waals surface area contributed by atoms with E-state index in [0.29, 0.717) is 6.42 Å². The van der Waals surface area contributed by atoms with Crippen LogP contribution in [-0.4, -0.2) is 11.5 Å². The number of carbonyl (C=O) groups is 1. The van der Waals surface area contributed by atoms with Gasteiger partial charge < -0.3 is 0 Å². The van der Waals surface area contributed by atoms with Crippen molar-refractivity contribution in [3.63, 3.8) is 0 Å². The molecule has 1 nitrogen and oxygen atoms in total. The van der Waals surface area contributed by atoms with E-state index in [-0.39, 0.29) is 0 Å². The molecule has 0 fully saturated rings. The molecular formula is C7H9ClOS. The summed E-state index contributed by atoms with van der Waals surface area (Å²) in [7, 11) is 0. The largest absolute Gasteiger partial charge is 0.276 e. The molecule has 3 heteroatoms. The molecule has 0 bridgehead atoms. The molecular weight excluding hydrogens is 168 g/mol. The van der Waals surface area contributed by atoms with Crippen LogP contribution in [0.25, 0.3) is 0 Å². The third-order valence-corrected chi connectivity index (χ3v) is 1.80. The lowest BCUT2D eigenvalue weighted by atomic mass is 10.4. The Morgan fingerprint density at radius 2 is 2.40 bits per heavy atom. The third-order valence-electron chi connectivity index (χ3n) is 0.882. The molecule has 0 aromatic carbocycles. The van der Waals surface area contributed by atoms with Gasteiger partial charge in [0, 0.05) is 6.08 Å². The summed E-state index contributed by atoms with van der Waals surface area (Å²) in [6.07, 6.45) is 5.75. The molecule has 0 aliphatic rings. The van der Waals surface area contributed by atoms with Crippen LogP contribution in [0.3, 0.4) is 0 Å². The Kier molecular flexibility index (Phi) is 5.45. The van der Waals surface area contributed by atoms with E-state index >= 15 is 0 Å². The zero-order valence-corrected chi connectivity index (χ0v) is 7.34.